The molecule has 0 aliphatic heterocycles. The summed E-state index contributed by atoms with van der Waals surface area (Å²) in [6.07, 6.45) is 1.75. The molecule has 160 valence electrons. The van der Waals surface area contributed by atoms with E-state index in [0.29, 0.717) is 28.4 Å². The molecule has 1 aromatic heterocycles. The molecule has 31 heavy (non-hydrogen) atoms. The van der Waals surface area contributed by atoms with Gasteiger partial charge in [0.05, 0.1) is 26.2 Å². The van der Waals surface area contributed by atoms with Crippen molar-refractivity contribution in [2.45, 2.75) is 10.1 Å². The Morgan fingerprint density at radius 2 is 1.42 bits per heavy atom. The van der Waals surface area contributed by atoms with Crippen LogP contribution in [0.25, 0.3) is 10.9 Å². The Morgan fingerprint density at radius 3 is 2.03 bits per heavy atom. The van der Waals surface area contributed by atoms with Crippen LogP contribution in [0.15, 0.2) is 77.8 Å². The molecule has 4 rings (SSSR count). The van der Waals surface area contributed by atoms with Crippen LogP contribution in [0.5, 0.6) is 17.2 Å². The van der Waals surface area contributed by atoms with Crippen LogP contribution in [0.2, 0.25) is 0 Å². The molecule has 1 unspecified atom stereocenters. The van der Waals surface area contributed by atoms with E-state index in [2.05, 4.69) is 4.98 Å². The first kappa shape index (κ1) is 20.8. The highest BCUT2D eigenvalue weighted by atomic mass is 32.2. The SMILES string of the molecule is COc1cc(C(c2c[nH]c3ccccc23)S(=O)(=O)c2ccccc2)cc(OC)c1OC. The van der Waals surface area contributed by atoms with Crippen molar-refractivity contribution < 1.29 is 22.6 Å². The van der Waals surface area contributed by atoms with Gasteiger partial charge >= 0.3 is 0 Å². The van der Waals surface area contributed by atoms with E-state index < -0.39 is 15.1 Å². The van der Waals surface area contributed by atoms with E-state index in [1.165, 1.54) is 21.3 Å². The molecule has 7 heteroatoms. The molecule has 0 fully saturated rings. The molecule has 0 aliphatic rings. The maximum Gasteiger partial charge on any atom is 0.203 e. The van der Waals surface area contributed by atoms with Gasteiger partial charge in [0, 0.05) is 22.7 Å². The second-order valence-electron chi connectivity index (χ2n) is 6.99. The second-order valence-corrected chi connectivity index (χ2v) is 9.02. The van der Waals surface area contributed by atoms with Crippen LogP contribution in [0.1, 0.15) is 16.4 Å². The van der Waals surface area contributed by atoms with Crippen LogP contribution < -0.4 is 14.2 Å². The summed E-state index contributed by atoms with van der Waals surface area (Å²) in [6, 6.07) is 19.4. The van der Waals surface area contributed by atoms with Crippen molar-refractivity contribution in [2.75, 3.05) is 21.3 Å². The first-order valence-corrected chi connectivity index (χ1v) is 11.2. The number of ether oxygens (including phenoxy) is 3. The third-order valence-electron chi connectivity index (χ3n) is 5.28. The Balaban J connectivity index is 2.03. The van der Waals surface area contributed by atoms with Crippen molar-refractivity contribution >= 4 is 20.7 Å². The molecule has 0 amide bonds. The summed E-state index contributed by atoms with van der Waals surface area (Å²) < 4.78 is 44.2. The van der Waals surface area contributed by atoms with E-state index in [1.54, 1.807) is 48.7 Å². The molecular formula is C24H23NO5S. The van der Waals surface area contributed by atoms with Crippen molar-refractivity contribution in [1.29, 1.82) is 0 Å². The van der Waals surface area contributed by atoms with Crippen LogP contribution in [0.4, 0.5) is 0 Å². The summed E-state index contributed by atoms with van der Waals surface area (Å²) in [5.74, 6) is 1.19. The Bertz CT molecular complexity index is 1290. The number of fused-ring (bicyclic) bond motifs is 1. The van der Waals surface area contributed by atoms with Crippen LogP contribution >= 0.6 is 0 Å². The van der Waals surface area contributed by atoms with Gasteiger partial charge in [0.1, 0.15) is 5.25 Å². The fourth-order valence-electron chi connectivity index (χ4n) is 3.84. The molecule has 1 N–H and O–H groups in total. The van der Waals surface area contributed by atoms with Gasteiger partial charge in [-0.25, -0.2) is 8.42 Å². The van der Waals surface area contributed by atoms with Gasteiger partial charge in [0.25, 0.3) is 0 Å². The number of sulfone groups is 1. The topological polar surface area (TPSA) is 77.6 Å². The number of H-pyrrole nitrogens is 1. The molecule has 3 aromatic carbocycles. The maximum atomic E-state index is 13.9. The zero-order valence-corrected chi connectivity index (χ0v) is 18.3. The van der Waals surface area contributed by atoms with Gasteiger partial charge in [-0.1, -0.05) is 36.4 Å². The van der Waals surface area contributed by atoms with Crippen LogP contribution in [0, 0.1) is 0 Å². The summed E-state index contributed by atoms with van der Waals surface area (Å²) in [6.45, 7) is 0. The van der Waals surface area contributed by atoms with Crippen molar-refractivity contribution in [3.63, 3.8) is 0 Å². The summed E-state index contributed by atoms with van der Waals surface area (Å²) in [5.41, 5.74) is 2.02. The fourth-order valence-corrected chi connectivity index (χ4v) is 5.67. The average molecular weight is 438 g/mol. The predicted octanol–water partition coefficient (Wildman–Crippen LogP) is 4.76. The summed E-state index contributed by atoms with van der Waals surface area (Å²) in [4.78, 5) is 3.43. The zero-order valence-electron chi connectivity index (χ0n) is 17.5. The molecule has 0 spiro atoms. The van der Waals surface area contributed by atoms with E-state index in [0.717, 1.165) is 10.9 Å². The summed E-state index contributed by atoms with van der Waals surface area (Å²) in [5, 5.41) is -0.152. The molecule has 0 aliphatic carbocycles. The maximum absolute atomic E-state index is 13.9. The minimum absolute atomic E-state index is 0.235. The van der Waals surface area contributed by atoms with Gasteiger partial charge in [0.15, 0.2) is 21.3 Å². The smallest absolute Gasteiger partial charge is 0.203 e. The lowest BCUT2D eigenvalue weighted by Crippen LogP contribution is -2.15. The van der Waals surface area contributed by atoms with E-state index in [4.69, 9.17) is 14.2 Å². The zero-order chi connectivity index (χ0) is 22.0. The molecule has 0 saturated heterocycles. The van der Waals surface area contributed by atoms with Crippen molar-refractivity contribution in [3.05, 3.63) is 84.1 Å². The molecule has 6 nitrogen and oxygen atoms in total. The van der Waals surface area contributed by atoms with Gasteiger partial charge in [-0.3, -0.25) is 0 Å². The molecule has 0 radical (unpaired) electrons. The Hall–Kier alpha value is -3.45. The Morgan fingerprint density at radius 1 is 0.806 bits per heavy atom. The van der Waals surface area contributed by atoms with Crippen LogP contribution in [0.3, 0.4) is 0 Å². The second kappa shape index (κ2) is 8.35. The predicted molar refractivity (Wildman–Crippen MR) is 120 cm³/mol. The number of nitrogens with one attached hydrogen (secondary N) is 1. The van der Waals surface area contributed by atoms with Crippen molar-refractivity contribution in [3.8, 4) is 17.2 Å². The average Bonchev–Trinajstić information content (AvgIpc) is 3.22. The lowest BCUT2D eigenvalue weighted by molar-refractivity contribution is 0.324. The number of benzene rings is 3. The number of para-hydroxylation sites is 1. The molecular weight excluding hydrogens is 414 g/mol. The van der Waals surface area contributed by atoms with Crippen molar-refractivity contribution in [2.24, 2.45) is 0 Å². The molecule has 1 atom stereocenters. The van der Waals surface area contributed by atoms with Gasteiger partial charge in [-0.15, -0.1) is 0 Å². The molecule has 0 saturated carbocycles. The normalized spacial score (nSPS) is 12.5. The first-order chi connectivity index (χ1) is 15.0. The third-order valence-corrected chi connectivity index (χ3v) is 7.35. The monoisotopic (exact) mass is 437 g/mol. The number of rotatable bonds is 7. The van der Waals surface area contributed by atoms with E-state index in [9.17, 15) is 8.42 Å². The van der Waals surface area contributed by atoms with E-state index in [-0.39, 0.29) is 4.90 Å². The number of aromatic amines is 1. The first-order valence-electron chi connectivity index (χ1n) is 9.66. The van der Waals surface area contributed by atoms with Crippen molar-refractivity contribution in [1.82, 2.24) is 4.98 Å². The molecule has 4 aromatic rings. The van der Waals surface area contributed by atoms with Crippen LogP contribution in [-0.4, -0.2) is 34.7 Å². The fraction of sp³-hybridized carbons (Fsp3) is 0.167. The van der Waals surface area contributed by atoms with Gasteiger partial charge in [-0.2, -0.15) is 0 Å². The third kappa shape index (κ3) is 3.61. The Labute approximate surface area is 181 Å². The van der Waals surface area contributed by atoms with Gasteiger partial charge in [0.2, 0.25) is 5.75 Å². The van der Waals surface area contributed by atoms with E-state index >= 15 is 0 Å². The quantitative estimate of drug-likeness (QED) is 0.451. The largest absolute Gasteiger partial charge is 0.493 e. The van der Waals surface area contributed by atoms with E-state index in [1.807, 2.05) is 24.3 Å². The van der Waals surface area contributed by atoms with Crippen LogP contribution in [-0.2, 0) is 9.84 Å². The Kier molecular flexibility index (Phi) is 5.61. The number of methoxy groups -OCH3 is 3. The molecule has 1 heterocycles. The van der Waals surface area contributed by atoms with Gasteiger partial charge in [-0.05, 0) is 35.9 Å². The minimum atomic E-state index is -3.81. The highest BCUT2D eigenvalue weighted by molar-refractivity contribution is 7.92. The number of hydrogen-bond donors (Lipinski definition) is 1. The lowest BCUT2D eigenvalue weighted by Gasteiger charge is -2.21. The summed E-state index contributed by atoms with van der Waals surface area (Å²) in [7, 11) is 0.717. The molecule has 0 bridgehead atoms. The lowest BCUT2D eigenvalue weighted by atomic mass is 10.0. The van der Waals surface area contributed by atoms with Gasteiger partial charge < -0.3 is 19.2 Å². The highest BCUT2D eigenvalue weighted by Crippen LogP contribution is 2.45. The minimum Gasteiger partial charge on any atom is -0.493 e. The highest BCUT2D eigenvalue weighted by Gasteiger charge is 2.34. The standard InChI is InChI=1S/C24H23NO5S/c1-28-21-13-16(14-22(29-2)23(21)30-3)24(31(26,27)17-9-5-4-6-10-17)19-15-25-20-12-8-7-11-18(19)20/h4-15,24-25H,1-3H3. The number of hydrogen-bond acceptors (Lipinski definition) is 5. The summed E-state index contributed by atoms with van der Waals surface area (Å²) >= 11 is 0. The number of aromatic nitrogens is 1.